The zero-order valence-corrected chi connectivity index (χ0v) is 18.5. The summed E-state index contributed by atoms with van der Waals surface area (Å²) < 4.78 is 7.20. The van der Waals surface area contributed by atoms with Crippen molar-refractivity contribution in [3.63, 3.8) is 0 Å². The summed E-state index contributed by atoms with van der Waals surface area (Å²) in [5, 5.41) is 22.1. The van der Waals surface area contributed by atoms with Gasteiger partial charge in [0.2, 0.25) is 12.1 Å². The molecule has 1 amide bonds. The van der Waals surface area contributed by atoms with Crippen LogP contribution in [0.25, 0.3) is 5.69 Å². The Morgan fingerprint density at radius 1 is 1.00 bits per heavy atom. The molecule has 1 atom stereocenters. The number of para-hydroxylation sites is 1. The van der Waals surface area contributed by atoms with Crippen LogP contribution in [-0.2, 0) is 9.53 Å². The molecule has 0 saturated carbocycles. The highest BCUT2D eigenvalue weighted by atomic mass is 16.5. The topological polar surface area (TPSA) is 128 Å². The monoisotopic (exact) mass is 463 g/mol. The molecule has 4 aromatic rings. The summed E-state index contributed by atoms with van der Waals surface area (Å²) in [6.07, 6.45) is 3.97. The molecule has 0 bridgehead atoms. The third-order valence-corrected chi connectivity index (χ3v) is 5.38. The number of imidazole rings is 1. The Bertz CT molecular complexity index is 1430. The van der Waals surface area contributed by atoms with E-state index in [1.54, 1.807) is 47.6 Å². The number of fused-ring (bicyclic) bond motifs is 1. The van der Waals surface area contributed by atoms with Crippen molar-refractivity contribution in [3.05, 3.63) is 114 Å². The predicted molar refractivity (Wildman–Crippen MR) is 133 cm³/mol. The summed E-state index contributed by atoms with van der Waals surface area (Å²) in [5.74, 6) is -0.681. The van der Waals surface area contributed by atoms with Gasteiger partial charge in [0, 0.05) is 34.8 Å². The standard InChI is InChI=1S/C26H21N7O2/c27-23(18-9-6-10-19(15-18)33-14-13-29-16-33)35-26(28)32-24-25(34)30-21-12-5-4-11-20(21)22(31-24)17-7-2-1-3-8-17/h1-16,24,27H,(H2,28,32)(H,30,34). The maximum atomic E-state index is 12.9. The number of aromatic nitrogens is 2. The molecule has 0 radical (unpaired) electrons. The molecular weight excluding hydrogens is 442 g/mol. The number of hydrogen-bond acceptors (Lipinski definition) is 6. The highest BCUT2D eigenvalue weighted by Gasteiger charge is 2.27. The highest BCUT2D eigenvalue weighted by Crippen LogP contribution is 2.23. The minimum atomic E-state index is -1.13. The van der Waals surface area contributed by atoms with Crippen LogP contribution in [0.5, 0.6) is 0 Å². The Morgan fingerprint density at radius 3 is 2.60 bits per heavy atom. The Kier molecular flexibility index (Phi) is 5.87. The van der Waals surface area contributed by atoms with Crippen molar-refractivity contribution >= 4 is 29.2 Å². The molecule has 3 aromatic carbocycles. The maximum absolute atomic E-state index is 12.9. The molecule has 0 spiro atoms. The first kappa shape index (κ1) is 21.8. The number of nitrogens with zero attached hydrogens (tertiary/aromatic N) is 3. The molecule has 2 heterocycles. The fourth-order valence-electron chi connectivity index (χ4n) is 3.72. The second-order valence-electron chi connectivity index (χ2n) is 7.71. The molecule has 0 fully saturated rings. The van der Waals surface area contributed by atoms with Crippen LogP contribution in [0, 0.1) is 10.8 Å². The third-order valence-electron chi connectivity index (χ3n) is 5.38. The van der Waals surface area contributed by atoms with Gasteiger partial charge in [-0.2, -0.15) is 0 Å². The smallest absolute Gasteiger partial charge is 0.290 e. The van der Waals surface area contributed by atoms with E-state index in [1.807, 2.05) is 54.6 Å². The lowest BCUT2D eigenvalue weighted by molar-refractivity contribution is -0.117. The summed E-state index contributed by atoms with van der Waals surface area (Å²) in [7, 11) is 0. The van der Waals surface area contributed by atoms with Crippen molar-refractivity contribution in [1.29, 1.82) is 10.8 Å². The number of carbonyl (C=O) groups excluding carboxylic acids is 1. The summed E-state index contributed by atoms with van der Waals surface area (Å²) in [6, 6.07) is 23.6. The summed E-state index contributed by atoms with van der Waals surface area (Å²) in [5.41, 5.74) is 4.10. The van der Waals surface area contributed by atoms with E-state index in [4.69, 9.17) is 15.6 Å². The van der Waals surface area contributed by atoms with Crippen LogP contribution in [0.3, 0.4) is 0 Å². The molecule has 1 aliphatic rings. The molecular formula is C26H21N7O2. The SMILES string of the molecule is N=C(NC1N=C(c2ccccc2)c2ccccc2NC1=O)OC(=N)c1cccc(-n2ccnc2)c1. The molecule has 1 aromatic heterocycles. The maximum Gasteiger partial charge on any atom is 0.290 e. The molecule has 0 aliphatic carbocycles. The van der Waals surface area contributed by atoms with Crippen LogP contribution in [0.4, 0.5) is 5.69 Å². The highest BCUT2D eigenvalue weighted by molar-refractivity contribution is 6.19. The van der Waals surface area contributed by atoms with Gasteiger partial charge in [0.05, 0.1) is 17.7 Å². The van der Waals surface area contributed by atoms with Crippen LogP contribution in [0.1, 0.15) is 16.7 Å². The molecule has 5 rings (SSSR count). The zero-order chi connectivity index (χ0) is 24.2. The van der Waals surface area contributed by atoms with E-state index in [0.717, 1.165) is 16.8 Å². The van der Waals surface area contributed by atoms with Crippen LogP contribution in [0.15, 0.2) is 103 Å². The first-order valence-corrected chi connectivity index (χ1v) is 10.8. The zero-order valence-electron chi connectivity index (χ0n) is 18.5. The summed E-state index contributed by atoms with van der Waals surface area (Å²) in [4.78, 5) is 21.6. The van der Waals surface area contributed by atoms with E-state index in [-0.39, 0.29) is 5.90 Å². The Hall–Kier alpha value is -5.05. The quantitative estimate of drug-likeness (QED) is 0.272. The minimum Gasteiger partial charge on any atom is -0.407 e. The number of carbonyl (C=O) groups is 1. The number of benzodiazepines with no additional fused rings is 1. The first-order valence-electron chi connectivity index (χ1n) is 10.8. The van der Waals surface area contributed by atoms with E-state index >= 15 is 0 Å². The van der Waals surface area contributed by atoms with E-state index < -0.39 is 18.1 Å². The number of hydrogen-bond donors (Lipinski definition) is 4. The minimum absolute atomic E-state index is 0.242. The fraction of sp³-hybridized carbons (Fsp3) is 0.0385. The summed E-state index contributed by atoms with van der Waals surface area (Å²) in [6.45, 7) is 0. The molecule has 1 aliphatic heterocycles. The van der Waals surface area contributed by atoms with Crippen LogP contribution in [0.2, 0.25) is 0 Å². The van der Waals surface area contributed by atoms with Crippen molar-refractivity contribution in [2.45, 2.75) is 6.17 Å². The number of nitrogens with one attached hydrogen (secondary N) is 4. The van der Waals surface area contributed by atoms with Crippen molar-refractivity contribution in [2.75, 3.05) is 5.32 Å². The average molecular weight is 464 g/mol. The van der Waals surface area contributed by atoms with E-state index in [9.17, 15) is 4.79 Å². The average Bonchev–Trinajstić information content (AvgIpc) is 3.38. The van der Waals surface area contributed by atoms with Crippen LogP contribution in [-0.4, -0.2) is 39.3 Å². The van der Waals surface area contributed by atoms with Gasteiger partial charge >= 0.3 is 0 Å². The van der Waals surface area contributed by atoms with Gasteiger partial charge in [-0.15, -0.1) is 0 Å². The molecule has 9 nitrogen and oxygen atoms in total. The van der Waals surface area contributed by atoms with Gasteiger partial charge in [0.15, 0.2) is 0 Å². The lowest BCUT2D eigenvalue weighted by atomic mass is 10.0. The number of amidine groups is 1. The molecule has 35 heavy (non-hydrogen) atoms. The largest absolute Gasteiger partial charge is 0.407 e. The normalized spacial score (nSPS) is 14.7. The van der Waals surface area contributed by atoms with Gasteiger partial charge in [0.25, 0.3) is 11.9 Å². The predicted octanol–water partition coefficient (Wildman–Crippen LogP) is 3.55. The summed E-state index contributed by atoms with van der Waals surface area (Å²) >= 11 is 0. The van der Waals surface area contributed by atoms with Gasteiger partial charge in [-0.3, -0.25) is 15.6 Å². The van der Waals surface area contributed by atoms with E-state index in [2.05, 4.69) is 20.6 Å². The third kappa shape index (κ3) is 4.69. The number of ether oxygens (including phenoxy) is 1. The molecule has 1 unspecified atom stereocenters. The Balaban J connectivity index is 1.36. The van der Waals surface area contributed by atoms with Crippen molar-refractivity contribution in [3.8, 4) is 5.69 Å². The van der Waals surface area contributed by atoms with Gasteiger partial charge in [-0.05, 0) is 24.3 Å². The van der Waals surface area contributed by atoms with E-state index in [1.165, 1.54) is 0 Å². The lowest BCUT2D eigenvalue weighted by Crippen LogP contribution is -2.43. The molecule has 0 saturated heterocycles. The van der Waals surface area contributed by atoms with Gasteiger partial charge in [0.1, 0.15) is 0 Å². The number of anilines is 1. The number of benzene rings is 3. The molecule has 172 valence electrons. The lowest BCUT2D eigenvalue weighted by Gasteiger charge is -2.16. The Labute approximate surface area is 201 Å². The Morgan fingerprint density at radius 2 is 1.80 bits per heavy atom. The van der Waals surface area contributed by atoms with Gasteiger partial charge < -0.3 is 19.9 Å². The first-order chi connectivity index (χ1) is 17.1. The van der Waals surface area contributed by atoms with Gasteiger partial charge in [-0.25, -0.2) is 9.98 Å². The van der Waals surface area contributed by atoms with E-state index in [0.29, 0.717) is 17.0 Å². The number of aliphatic imine (C=N–C) groups is 1. The van der Waals surface area contributed by atoms with Crippen LogP contribution < -0.4 is 10.6 Å². The van der Waals surface area contributed by atoms with Crippen molar-refractivity contribution < 1.29 is 9.53 Å². The molecule has 9 heteroatoms. The van der Waals surface area contributed by atoms with Crippen LogP contribution >= 0.6 is 0 Å². The van der Waals surface area contributed by atoms with Gasteiger partial charge in [-0.1, -0.05) is 54.6 Å². The van der Waals surface area contributed by atoms with Crippen molar-refractivity contribution in [2.24, 2.45) is 4.99 Å². The fourth-order valence-corrected chi connectivity index (χ4v) is 3.72. The van der Waals surface area contributed by atoms with Crippen molar-refractivity contribution in [1.82, 2.24) is 14.9 Å². The molecule has 4 N–H and O–H groups in total. The second-order valence-corrected chi connectivity index (χ2v) is 7.71. The number of rotatable bonds is 4. The number of amides is 1. The second kappa shape index (κ2) is 9.44.